The lowest BCUT2D eigenvalue weighted by molar-refractivity contribution is 0.102. The highest BCUT2D eigenvalue weighted by Crippen LogP contribution is 2.21. The molecule has 6 heteroatoms. The van der Waals surface area contributed by atoms with Gasteiger partial charge in [-0.3, -0.25) is 4.79 Å². The molecule has 1 N–H and O–H groups in total. The van der Waals surface area contributed by atoms with Crippen molar-refractivity contribution in [3.8, 4) is 5.75 Å². The van der Waals surface area contributed by atoms with Crippen molar-refractivity contribution in [2.75, 3.05) is 5.32 Å². The molecule has 0 aliphatic carbocycles. The minimum absolute atomic E-state index is 0.00374. The third kappa shape index (κ3) is 3.58. The molecule has 0 unspecified atom stereocenters. The predicted octanol–water partition coefficient (Wildman–Crippen LogP) is 4.14. The van der Waals surface area contributed by atoms with Gasteiger partial charge in [0.25, 0.3) is 5.91 Å². The molecule has 3 nitrogen and oxygen atoms in total. The number of carbonyl (C=O) groups is 1. The molecule has 116 valence electrons. The fourth-order valence-corrected chi connectivity index (χ4v) is 1.77. The summed E-state index contributed by atoms with van der Waals surface area (Å²) in [5, 5.41) is 2.19. The molecule has 2 rings (SSSR count). The van der Waals surface area contributed by atoms with Gasteiger partial charge in [-0.2, -0.15) is 0 Å². The van der Waals surface area contributed by atoms with E-state index in [0.717, 1.165) is 12.1 Å². The molecule has 0 saturated heterocycles. The van der Waals surface area contributed by atoms with Crippen molar-refractivity contribution in [3.63, 3.8) is 0 Å². The molecule has 0 aromatic heterocycles. The van der Waals surface area contributed by atoms with Crippen molar-refractivity contribution in [2.45, 2.75) is 20.0 Å². The SMILES string of the molecule is CC(C)Oc1ccc(C(=O)Nc2ccc(F)c(F)c2F)cc1. The molecular weight excluding hydrogens is 295 g/mol. The molecule has 0 aliphatic heterocycles. The molecule has 0 heterocycles. The normalized spacial score (nSPS) is 10.6. The zero-order valence-electron chi connectivity index (χ0n) is 12.0. The van der Waals surface area contributed by atoms with Gasteiger partial charge in [0.05, 0.1) is 11.8 Å². The third-order valence-electron chi connectivity index (χ3n) is 2.77. The topological polar surface area (TPSA) is 38.3 Å². The van der Waals surface area contributed by atoms with Gasteiger partial charge in [0.15, 0.2) is 17.5 Å². The molecule has 2 aromatic carbocycles. The Morgan fingerprint density at radius 1 is 1.00 bits per heavy atom. The zero-order chi connectivity index (χ0) is 16.3. The first-order valence-electron chi connectivity index (χ1n) is 6.60. The van der Waals surface area contributed by atoms with Crippen LogP contribution in [-0.4, -0.2) is 12.0 Å². The van der Waals surface area contributed by atoms with E-state index in [2.05, 4.69) is 5.32 Å². The second kappa shape index (κ2) is 6.51. The minimum atomic E-state index is -1.63. The van der Waals surface area contributed by atoms with E-state index < -0.39 is 29.0 Å². The number of halogens is 3. The van der Waals surface area contributed by atoms with Gasteiger partial charge >= 0.3 is 0 Å². The van der Waals surface area contributed by atoms with Crippen LogP contribution in [0.25, 0.3) is 0 Å². The standard InChI is InChI=1S/C16H14F3NO2/c1-9(2)22-11-5-3-10(4-6-11)16(21)20-13-8-7-12(17)14(18)15(13)19/h3-9H,1-2H3,(H,20,21). The highest BCUT2D eigenvalue weighted by molar-refractivity contribution is 6.04. The maximum Gasteiger partial charge on any atom is 0.255 e. The highest BCUT2D eigenvalue weighted by atomic mass is 19.2. The van der Waals surface area contributed by atoms with Gasteiger partial charge in [-0.25, -0.2) is 13.2 Å². The first-order chi connectivity index (χ1) is 10.4. The van der Waals surface area contributed by atoms with Crippen molar-refractivity contribution < 1.29 is 22.7 Å². The average Bonchev–Trinajstić information content (AvgIpc) is 2.48. The third-order valence-corrected chi connectivity index (χ3v) is 2.77. The summed E-state index contributed by atoms with van der Waals surface area (Å²) in [6, 6.07) is 7.87. The smallest absolute Gasteiger partial charge is 0.255 e. The summed E-state index contributed by atoms with van der Waals surface area (Å²) in [7, 11) is 0. The molecule has 0 aliphatic rings. The Morgan fingerprint density at radius 3 is 2.23 bits per heavy atom. The van der Waals surface area contributed by atoms with Crippen LogP contribution < -0.4 is 10.1 Å². The van der Waals surface area contributed by atoms with E-state index in [0.29, 0.717) is 5.75 Å². The number of hydrogen-bond acceptors (Lipinski definition) is 2. The highest BCUT2D eigenvalue weighted by Gasteiger charge is 2.16. The van der Waals surface area contributed by atoms with Gasteiger partial charge in [-0.1, -0.05) is 0 Å². The van der Waals surface area contributed by atoms with Crippen molar-refractivity contribution >= 4 is 11.6 Å². The van der Waals surface area contributed by atoms with Crippen LogP contribution >= 0.6 is 0 Å². The second-order valence-corrected chi connectivity index (χ2v) is 4.87. The van der Waals surface area contributed by atoms with Crippen LogP contribution in [0.4, 0.5) is 18.9 Å². The maximum absolute atomic E-state index is 13.5. The molecule has 0 atom stereocenters. The monoisotopic (exact) mass is 309 g/mol. The Kier molecular flexibility index (Phi) is 4.70. The summed E-state index contributed by atoms with van der Waals surface area (Å²) in [4.78, 5) is 12.0. The zero-order valence-corrected chi connectivity index (χ0v) is 12.0. The summed E-state index contributed by atoms with van der Waals surface area (Å²) in [6.45, 7) is 3.74. The van der Waals surface area contributed by atoms with Crippen LogP contribution in [0.3, 0.4) is 0 Å². The number of nitrogens with one attached hydrogen (secondary N) is 1. The average molecular weight is 309 g/mol. The number of hydrogen-bond donors (Lipinski definition) is 1. The lowest BCUT2D eigenvalue weighted by Gasteiger charge is -2.10. The number of ether oxygens (including phenoxy) is 1. The van der Waals surface area contributed by atoms with Crippen LogP contribution in [0.1, 0.15) is 24.2 Å². The lowest BCUT2D eigenvalue weighted by Crippen LogP contribution is -2.14. The first kappa shape index (κ1) is 15.9. The van der Waals surface area contributed by atoms with Gasteiger partial charge in [0.1, 0.15) is 5.75 Å². The molecule has 0 saturated carbocycles. The van der Waals surface area contributed by atoms with Gasteiger partial charge in [0, 0.05) is 5.56 Å². The van der Waals surface area contributed by atoms with Crippen LogP contribution in [-0.2, 0) is 0 Å². The van der Waals surface area contributed by atoms with E-state index in [1.807, 2.05) is 13.8 Å². The fourth-order valence-electron chi connectivity index (χ4n) is 1.77. The van der Waals surface area contributed by atoms with Crippen LogP contribution in [0, 0.1) is 17.5 Å². The van der Waals surface area contributed by atoms with E-state index in [9.17, 15) is 18.0 Å². The molecule has 0 radical (unpaired) electrons. The number of amides is 1. The molecule has 0 fully saturated rings. The number of rotatable bonds is 4. The second-order valence-electron chi connectivity index (χ2n) is 4.87. The quantitative estimate of drug-likeness (QED) is 0.862. The van der Waals surface area contributed by atoms with E-state index in [-0.39, 0.29) is 11.7 Å². The van der Waals surface area contributed by atoms with Crippen molar-refractivity contribution in [1.29, 1.82) is 0 Å². The molecule has 22 heavy (non-hydrogen) atoms. The van der Waals surface area contributed by atoms with Gasteiger partial charge in [-0.05, 0) is 50.2 Å². The number of benzene rings is 2. The molecular formula is C16H14F3NO2. The minimum Gasteiger partial charge on any atom is -0.491 e. The van der Waals surface area contributed by atoms with Crippen LogP contribution in [0.5, 0.6) is 5.75 Å². The van der Waals surface area contributed by atoms with Crippen molar-refractivity contribution in [1.82, 2.24) is 0 Å². The molecule has 0 spiro atoms. The van der Waals surface area contributed by atoms with E-state index in [1.54, 1.807) is 12.1 Å². The first-order valence-corrected chi connectivity index (χ1v) is 6.60. The van der Waals surface area contributed by atoms with Crippen LogP contribution in [0.2, 0.25) is 0 Å². The van der Waals surface area contributed by atoms with Crippen molar-refractivity contribution in [3.05, 3.63) is 59.4 Å². The van der Waals surface area contributed by atoms with E-state index in [4.69, 9.17) is 4.74 Å². The lowest BCUT2D eigenvalue weighted by atomic mass is 10.2. The predicted molar refractivity (Wildman–Crippen MR) is 76.5 cm³/mol. The van der Waals surface area contributed by atoms with Crippen molar-refractivity contribution in [2.24, 2.45) is 0 Å². The van der Waals surface area contributed by atoms with Gasteiger partial charge in [-0.15, -0.1) is 0 Å². The largest absolute Gasteiger partial charge is 0.491 e. The Bertz CT molecular complexity index is 685. The summed E-state index contributed by atoms with van der Waals surface area (Å²) in [5.41, 5.74) is -0.188. The van der Waals surface area contributed by atoms with Gasteiger partial charge < -0.3 is 10.1 Å². The molecule has 0 bridgehead atoms. The molecule has 2 aromatic rings. The summed E-state index contributed by atoms with van der Waals surface area (Å²) in [5.74, 6) is -4.43. The Labute approximate surface area is 125 Å². The van der Waals surface area contributed by atoms with E-state index in [1.165, 1.54) is 12.1 Å². The van der Waals surface area contributed by atoms with Gasteiger partial charge in [0.2, 0.25) is 0 Å². The summed E-state index contributed by atoms with van der Waals surface area (Å²) < 4.78 is 44.9. The van der Waals surface area contributed by atoms with Crippen LogP contribution in [0.15, 0.2) is 36.4 Å². The number of carbonyl (C=O) groups excluding carboxylic acids is 1. The Balaban J connectivity index is 2.14. The Morgan fingerprint density at radius 2 is 1.64 bits per heavy atom. The summed E-state index contributed by atoms with van der Waals surface area (Å²) >= 11 is 0. The number of anilines is 1. The molecule has 1 amide bonds. The Hall–Kier alpha value is -2.50. The maximum atomic E-state index is 13.5. The fraction of sp³-hybridized carbons (Fsp3) is 0.188. The summed E-state index contributed by atoms with van der Waals surface area (Å²) in [6.07, 6.45) is -0.00374. The van der Waals surface area contributed by atoms with E-state index >= 15 is 0 Å².